The Morgan fingerprint density at radius 2 is 1.71 bits per heavy atom. The standard InChI is InChI=1S/C27H22BrNO5/c1-3-33-26(30)19-6-4-5-17(13-19)16-34-27(31)23-15-25(18-7-10-21(32-2)11-8-18)29-24-12-9-20(28)14-22(23)24/h4-15H,3,16H2,1-2H3. The fraction of sp³-hybridized carbons (Fsp3) is 0.148. The Labute approximate surface area is 205 Å². The molecule has 0 aliphatic rings. The molecule has 0 fully saturated rings. The Morgan fingerprint density at radius 1 is 0.912 bits per heavy atom. The molecule has 0 atom stereocenters. The first kappa shape index (κ1) is 23.4. The normalized spacial score (nSPS) is 10.7. The predicted molar refractivity (Wildman–Crippen MR) is 133 cm³/mol. The Hall–Kier alpha value is -3.71. The molecule has 0 saturated heterocycles. The zero-order valence-electron chi connectivity index (χ0n) is 18.7. The smallest absolute Gasteiger partial charge is 0.339 e. The molecule has 0 N–H and O–H groups in total. The van der Waals surface area contributed by atoms with E-state index in [0.717, 1.165) is 15.8 Å². The molecule has 0 unspecified atom stereocenters. The quantitative estimate of drug-likeness (QED) is 0.270. The van der Waals surface area contributed by atoms with E-state index in [1.54, 1.807) is 44.4 Å². The summed E-state index contributed by atoms with van der Waals surface area (Å²) < 4.78 is 16.7. The number of fused-ring (bicyclic) bond motifs is 1. The van der Waals surface area contributed by atoms with Gasteiger partial charge in [-0.05, 0) is 73.2 Å². The molecule has 34 heavy (non-hydrogen) atoms. The lowest BCUT2D eigenvalue weighted by Crippen LogP contribution is -2.08. The van der Waals surface area contributed by atoms with E-state index < -0.39 is 11.9 Å². The molecule has 0 aliphatic heterocycles. The van der Waals surface area contributed by atoms with Gasteiger partial charge in [0.15, 0.2) is 0 Å². The van der Waals surface area contributed by atoms with Crippen LogP contribution in [0.2, 0.25) is 0 Å². The van der Waals surface area contributed by atoms with Gasteiger partial charge in [-0.1, -0.05) is 28.1 Å². The molecule has 0 saturated carbocycles. The van der Waals surface area contributed by atoms with E-state index >= 15 is 0 Å². The monoisotopic (exact) mass is 519 g/mol. The van der Waals surface area contributed by atoms with E-state index in [0.29, 0.717) is 39.9 Å². The van der Waals surface area contributed by atoms with Crippen LogP contribution < -0.4 is 4.74 Å². The number of methoxy groups -OCH3 is 1. The minimum Gasteiger partial charge on any atom is -0.497 e. The maximum Gasteiger partial charge on any atom is 0.339 e. The average molecular weight is 520 g/mol. The van der Waals surface area contributed by atoms with Gasteiger partial charge in [-0.25, -0.2) is 14.6 Å². The van der Waals surface area contributed by atoms with Crippen molar-refractivity contribution in [3.05, 3.63) is 94.0 Å². The first-order chi connectivity index (χ1) is 16.5. The fourth-order valence-corrected chi connectivity index (χ4v) is 3.87. The number of esters is 2. The van der Waals surface area contributed by atoms with Crippen molar-refractivity contribution in [2.45, 2.75) is 13.5 Å². The number of carbonyl (C=O) groups excluding carboxylic acids is 2. The predicted octanol–water partition coefficient (Wildman–Crippen LogP) is 6.21. The van der Waals surface area contributed by atoms with Gasteiger partial charge >= 0.3 is 11.9 Å². The van der Waals surface area contributed by atoms with Crippen molar-refractivity contribution in [1.82, 2.24) is 4.98 Å². The third-order valence-electron chi connectivity index (χ3n) is 5.18. The minimum absolute atomic E-state index is 0.0156. The van der Waals surface area contributed by atoms with Crippen LogP contribution in [0.5, 0.6) is 5.75 Å². The van der Waals surface area contributed by atoms with Crippen LogP contribution in [0, 0.1) is 0 Å². The summed E-state index contributed by atoms with van der Waals surface area (Å²) in [7, 11) is 1.61. The van der Waals surface area contributed by atoms with Crippen molar-refractivity contribution in [1.29, 1.82) is 0 Å². The van der Waals surface area contributed by atoms with Gasteiger partial charge in [0.2, 0.25) is 0 Å². The van der Waals surface area contributed by atoms with E-state index in [2.05, 4.69) is 15.9 Å². The topological polar surface area (TPSA) is 74.7 Å². The Kier molecular flexibility index (Phi) is 7.23. The number of hydrogen-bond donors (Lipinski definition) is 0. The second-order valence-corrected chi connectivity index (χ2v) is 8.36. The maximum absolute atomic E-state index is 13.2. The molecule has 0 spiro atoms. The summed E-state index contributed by atoms with van der Waals surface area (Å²) >= 11 is 3.47. The third-order valence-corrected chi connectivity index (χ3v) is 5.68. The average Bonchev–Trinajstić information content (AvgIpc) is 2.87. The van der Waals surface area contributed by atoms with Crippen molar-refractivity contribution >= 4 is 38.8 Å². The number of nitrogens with zero attached hydrogens (tertiary/aromatic N) is 1. The number of rotatable bonds is 7. The lowest BCUT2D eigenvalue weighted by molar-refractivity contribution is 0.0475. The first-order valence-electron chi connectivity index (χ1n) is 10.7. The number of aromatic nitrogens is 1. The van der Waals surface area contributed by atoms with E-state index in [1.807, 2.05) is 42.5 Å². The molecule has 3 aromatic carbocycles. The van der Waals surface area contributed by atoms with E-state index in [1.165, 1.54) is 0 Å². The van der Waals surface area contributed by atoms with Crippen LogP contribution in [0.25, 0.3) is 22.2 Å². The molecule has 1 aromatic heterocycles. The van der Waals surface area contributed by atoms with Crippen LogP contribution in [0.4, 0.5) is 0 Å². The first-order valence-corrected chi connectivity index (χ1v) is 11.5. The fourth-order valence-electron chi connectivity index (χ4n) is 3.51. The summed E-state index contributed by atoms with van der Waals surface area (Å²) in [5, 5.41) is 0.678. The lowest BCUT2D eigenvalue weighted by atomic mass is 10.0. The largest absolute Gasteiger partial charge is 0.497 e. The van der Waals surface area contributed by atoms with E-state index in [4.69, 9.17) is 19.2 Å². The van der Waals surface area contributed by atoms with Gasteiger partial charge < -0.3 is 14.2 Å². The summed E-state index contributed by atoms with van der Waals surface area (Å²) in [5.74, 6) is -0.162. The van der Waals surface area contributed by atoms with Crippen LogP contribution in [0.1, 0.15) is 33.2 Å². The second-order valence-electron chi connectivity index (χ2n) is 7.44. The Balaban J connectivity index is 1.64. The highest BCUT2D eigenvalue weighted by Gasteiger charge is 2.17. The molecule has 1 heterocycles. The SMILES string of the molecule is CCOC(=O)c1cccc(COC(=O)c2cc(-c3ccc(OC)cc3)nc3ccc(Br)cc23)c1. The highest BCUT2D eigenvalue weighted by Crippen LogP contribution is 2.29. The summed E-state index contributed by atoms with van der Waals surface area (Å²) in [4.78, 5) is 29.9. The Bertz CT molecular complexity index is 1350. The lowest BCUT2D eigenvalue weighted by Gasteiger charge is -2.11. The number of carbonyl (C=O) groups is 2. The van der Waals surface area contributed by atoms with E-state index in [-0.39, 0.29) is 6.61 Å². The van der Waals surface area contributed by atoms with Crippen molar-refractivity contribution in [3.63, 3.8) is 0 Å². The van der Waals surface area contributed by atoms with Gasteiger partial charge in [-0.2, -0.15) is 0 Å². The van der Waals surface area contributed by atoms with E-state index in [9.17, 15) is 9.59 Å². The minimum atomic E-state index is -0.484. The van der Waals surface area contributed by atoms with Crippen LogP contribution >= 0.6 is 15.9 Å². The third kappa shape index (κ3) is 5.26. The highest BCUT2D eigenvalue weighted by atomic mass is 79.9. The molecular weight excluding hydrogens is 498 g/mol. The summed E-state index contributed by atoms with van der Waals surface area (Å²) in [6.45, 7) is 2.06. The van der Waals surface area contributed by atoms with Crippen LogP contribution in [0.3, 0.4) is 0 Å². The summed E-state index contributed by atoms with van der Waals surface area (Å²) in [5.41, 5.74) is 3.67. The van der Waals surface area contributed by atoms with Crippen molar-refractivity contribution < 1.29 is 23.8 Å². The van der Waals surface area contributed by atoms with Gasteiger partial charge in [0.05, 0.1) is 36.1 Å². The molecular formula is C27H22BrNO5. The van der Waals surface area contributed by atoms with Gasteiger partial charge in [-0.3, -0.25) is 0 Å². The molecule has 4 aromatic rings. The zero-order chi connectivity index (χ0) is 24.1. The molecule has 0 aliphatic carbocycles. The second kappa shape index (κ2) is 10.5. The maximum atomic E-state index is 13.2. The molecule has 4 rings (SSSR count). The van der Waals surface area contributed by atoms with Gasteiger partial charge in [0, 0.05) is 15.4 Å². The highest BCUT2D eigenvalue weighted by molar-refractivity contribution is 9.10. The van der Waals surface area contributed by atoms with Crippen molar-refractivity contribution in [2.75, 3.05) is 13.7 Å². The molecule has 172 valence electrons. The number of halogens is 1. The molecule has 0 bridgehead atoms. The van der Waals surface area contributed by atoms with Crippen LogP contribution in [-0.4, -0.2) is 30.6 Å². The van der Waals surface area contributed by atoms with Crippen molar-refractivity contribution in [2.24, 2.45) is 0 Å². The summed E-state index contributed by atoms with van der Waals surface area (Å²) in [6, 6.07) is 21.6. The van der Waals surface area contributed by atoms with Gasteiger partial charge in [0.1, 0.15) is 12.4 Å². The zero-order valence-corrected chi connectivity index (χ0v) is 20.3. The number of ether oxygens (including phenoxy) is 3. The van der Waals surface area contributed by atoms with Gasteiger partial charge in [0.25, 0.3) is 0 Å². The number of hydrogen-bond acceptors (Lipinski definition) is 6. The van der Waals surface area contributed by atoms with Crippen molar-refractivity contribution in [3.8, 4) is 17.0 Å². The van der Waals surface area contributed by atoms with Crippen LogP contribution in [-0.2, 0) is 16.1 Å². The van der Waals surface area contributed by atoms with Crippen LogP contribution in [0.15, 0.2) is 77.3 Å². The van der Waals surface area contributed by atoms with Gasteiger partial charge in [-0.15, -0.1) is 0 Å². The molecule has 7 heteroatoms. The molecule has 6 nitrogen and oxygen atoms in total. The molecule has 0 radical (unpaired) electrons. The number of benzene rings is 3. The molecule has 0 amide bonds. The Morgan fingerprint density at radius 3 is 2.44 bits per heavy atom. The summed E-state index contributed by atoms with van der Waals surface area (Å²) in [6.07, 6.45) is 0. The number of pyridine rings is 1.